The van der Waals surface area contributed by atoms with E-state index in [-0.39, 0.29) is 49.6 Å². The van der Waals surface area contributed by atoms with E-state index in [0.29, 0.717) is 12.2 Å². The molecule has 1 fully saturated rings. The van der Waals surface area contributed by atoms with E-state index in [1.807, 2.05) is 6.07 Å². The molecular weight excluding hydrogens is 402 g/mol. The third-order valence-electron chi connectivity index (χ3n) is 5.32. The first kappa shape index (κ1) is 23.0. The van der Waals surface area contributed by atoms with Gasteiger partial charge in [0.2, 0.25) is 17.4 Å². The van der Waals surface area contributed by atoms with Crippen LogP contribution in [0.25, 0.3) is 0 Å². The summed E-state index contributed by atoms with van der Waals surface area (Å²) in [5.41, 5.74) is 7.61. The van der Waals surface area contributed by atoms with Crippen LogP contribution in [0, 0.1) is 5.92 Å². The Kier molecular flexibility index (Phi) is 7.48. The lowest BCUT2D eigenvalue weighted by Gasteiger charge is -2.31. The number of carbonyl (C=O) groups excluding carboxylic acids is 1. The van der Waals surface area contributed by atoms with Gasteiger partial charge in [0.05, 0.1) is 6.04 Å². The van der Waals surface area contributed by atoms with Gasteiger partial charge in [0.1, 0.15) is 5.82 Å². The van der Waals surface area contributed by atoms with Gasteiger partial charge in [-0.3, -0.25) is 9.59 Å². The predicted octanol–water partition coefficient (Wildman–Crippen LogP) is 2.88. The Balaban J connectivity index is 0.00000300. The highest BCUT2D eigenvalue weighted by Gasteiger charge is 2.38. The third kappa shape index (κ3) is 5.83. The van der Waals surface area contributed by atoms with Crippen LogP contribution < -0.4 is 16.6 Å². The number of nitrogens with two attached hydrogens (primary N) is 1. The standard InChI is InChI=1S/C20H24F2N4O2.ClH/c1-26-15(3-2-4-17(26)27)11-13-7-10-24-16(12-13)25-19(28)18(23)14-5-8-20(21,22)9-6-14;/h2-4,7,10,12,14,18H,5-6,8-9,11,23H2,1H3,(H,24,25,28);1H. The van der Waals surface area contributed by atoms with Gasteiger partial charge in [-0.05, 0) is 42.5 Å². The number of amides is 1. The molecule has 2 aromatic heterocycles. The first-order chi connectivity index (χ1) is 13.2. The minimum atomic E-state index is -2.65. The van der Waals surface area contributed by atoms with Crippen molar-refractivity contribution in [3.63, 3.8) is 0 Å². The molecular formula is C20H25ClF2N4O2. The minimum Gasteiger partial charge on any atom is -0.320 e. The Labute approximate surface area is 173 Å². The fourth-order valence-electron chi connectivity index (χ4n) is 3.49. The van der Waals surface area contributed by atoms with Gasteiger partial charge in [0.25, 0.3) is 0 Å². The van der Waals surface area contributed by atoms with Crippen molar-refractivity contribution in [3.05, 3.63) is 58.1 Å². The van der Waals surface area contributed by atoms with E-state index in [4.69, 9.17) is 5.73 Å². The summed E-state index contributed by atoms with van der Waals surface area (Å²) in [4.78, 5) is 28.3. The zero-order valence-corrected chi connectivity index (χ0v) is 16.9. The number of pyridine rings is 2. The topological polar surface area (TPSA) is 90.0 Å². The van der Waals surface area contributed by atoms with Crippen LogP contribution in [-0.4, -0.2) is 27.4 Å². The van der Waals surface area contributed by atoms with Crippen molar-refractivity contribution in [2.24, 2.45) is 18.7 Å². The first-order valence-electron chi connectivity index (χ1n) is 9.29. The van der Waals surface area contributed by atoms with Crippen molar-refractivity contribution in [1.82, 2.24) is 9.55 Å². The average Bonchev–Trinajstić information content (AvgIpc) is 2.65. The maximum Gasteiger partial charge on any atom is 0.250 e. The van der Waals surface area contributed by atoms with Crippen LogP contribution in [0.1, 0.15) is 36.9 Å². The van der Waals surface area contributed by atoms with Crippen molar-refractivity contribution >= 4 is 24.1 Å². The number of alkyl halides is 2. The molecule has 0 aliphatic heterocycles. The minimum absolute atomic E-state index is 0. The van der Waals surface area contributed by atoms with Gasteiger partial charge in [-0.15, -0.1) is 12.4 Å². The van der Waals surface area contributed by atoms with Gasteiger partial charge in [0, 0.05) is 44.3 Å². The predicted molar refractivity (Wildman–Crippen MR) is 109 cm³/mol. The number of rotatable bonds is 5. The van der Waals surface area contributed by atoms with Crippen molar-refractivity contribution in [2.45, 2.75) is 44.1 Å². The molecule has 2 heterocycles. The second-order valence-electron chi connectivity index (χ2n) is 7.35. The maximum absolute atomic E-state index is 13.3. The zero-order valence-electron chi connectivity index (χ0n) is 16.1. The Morgan fingerprint density at radius 1 is 1.34 bits per heavy atom. The zero-order chi connectivity index (χ0) is 20.3. The van der Waals surface area contributed by atoms with E-state index in [9.17, 15) is 18.4 Å². The lowest BCUT2D eigenvalue weighted by atomic mass is 9.82. The summed E-state index contributed by atoms with van der Waals surface area (Å²) in [6.45, 7) is 0. The molecule has 1 atom stereocenters. The Morgan fingerprint density at radius 3 is 2.72 bits per heavy atom. The molecule has 2 aromatic rings. The normalized spacial score (nSPS) is 17.2. The second kappa shape index (κ2) is 9.45. The highest BCUT2D eigenvalue weighted by Crippen LogP contribution is 2.37. The molecule has 0 bridgehead atoms. The van der Waals surface area contributed by atoms with Gasteiger partial charge >= 0.3 is 0 Å². The van der Waals surface area contributed by atoms with Crippen LogP contribution in [-0.2, 0) is 18.3 Å². The highest BCUT2D eigenvalue weighted by molar-refractivity contribution is 5.94. The fourth-order valence-corrected chi connectivity index (χ4v) is 3.49. The quantitative estimate of drug-likeness (QED) is 0.769. The fraction of sp³-hybridized carbons (Fsp3) is 0.450. The van der Waals surface area contributed by atoms with Gasteiger partial charge in [-0.25, -0.2) is 13.8 Å². The summed E-state index contributed by atoms with van der Waals surface area (Å²) in [6, 6.07) is 7.72. The van der Waals surface area contributed by atoms with Gasteiger partial charge < -0.3 is 15.6 Å². The molecule has 0 aromatic carbocycles. The summed E-state index contributed by atoms with van der Waals surface area (Å²) in [7, 11) is 1.70. The number of anilines is 1. The van der Waals surface area contributed by atoms with Crippen LogP contribution in [0.4, 0.5) is 14.6 Å². The van der Waals surface area contributed by atoms with E-state index in [2.05, 4.69) is 10.3 Å². The number of hydrogen-bond acceptors (Lipinski definition) is 4. The molecule has 0 saturated heterocycles. The molecule has 1 unspecified atom stereocenters. The molecule has 1 amide bonds. The molecule has 1 saturated carbocycles. The van der Waals surface area contributed by atoms with Gasteiger partial charge in [-0.1, -0.05) is 6.07 Å². The number of nitrogens with zero attached hydrogens (tertiary/aromatic N) is 2. The lowest BCUT2D eigenvalue weighted by molar-refractivity contribution is -0.120. The summed E-state index contributed by atoms with van der Waals surface area (Å²) >= 11 is 0. The Bertz CT molecular complexity index is 909. The lowest BCUT2D eigenvalue weighted by Crippen LogP contribution is -2.44. The van der Waals surface area contributed by atoms with Crippen molar-refractivity contribution in [3.8, 4) is 0 Å². The highest BCUT2D eigenvalue weighted by atomic mass is 35.5. The molecule has 0 spiro atoms. The molecule has 29 heavy (non-hydrogen) atoms. The molecule has 1 aliphatic carbocycles. The average molecular weight is 427 g/mol. The summed E-state index contributed by atoms with van der Waals surface area (Å²) in [5, 5.41) is 2.68. The Morgan fingerprint density at radius 2 is 2.03 bits per heavy atom. The first-order valence-corrected chi connectivity index (χ1v) is 9.29. The molecule has 1 aliphatic rings. The molecule has 0 radical (unpaired) electrons. The Hall–Kier alpha value is -2.32. The van der Waals surface area contributed by atoms with Crippen LogP contribution in [0.5, 0.6) is 0 Å². The van der Waals surface area contributed by atoms with E-state index >= 15 is 0 Å². The monoisotopic (exact) mass is 426 g/mol. The molecule has 3 rings (SSSR count). The van der Waals surface area contributed by atoms with Gasteiger partial charge in [0.15, 0.2) is 0 Å². The van der Waals surface area contributed by atoms with Crippen LogP contribution in [0.2, 0.25) is 0 Å². The number of carbonyl (C=O) groups is 1. The van der Waals surface area contributed by atoms with E-state index in [1.54, 1.807) is 36.0 Å². The van der Waals surface area contributed by atoms with E-state index < -0.39 is 17.9 Å². The summed E-state index contributed by atoms with van der Waals surface area (Å²) < 4.78 is 28.1. The summed E-state index contributed by atoms with van der Waals surface area (Å²) in [6.07, 6.45) is 2.07. The van der Waals surface area contributed by atoms with Crippen LogP contribution >= 0.6 is 12.4 Å². The maximum atomic E-state index is 13.3. The third-order valence-corrected chi connectivity index (χ3v) is 5.32. The number of hydrogen-bond donors (Lipinski definition) is 2. The van der Waals surface area contributed by atoms with Gasteiger partial charge in [-0.2, -0.15) is 0 Å². The number of halogens is 3. The SMILES string of the molecule is Cl.Cn1c(Cc2ccnc(NC(=O)C(N)C3CCC(F)(F)CC3)c2)cccc1=O. The molecule has 158 valence electrons. The van der Waals surface area contributed by atoms with Crippen molar-refractivity contribution < 1.29 is 13.6 Å². The smallest absolute Gasteiger partial charge is 0.250 e. The molecule has 3 N–H and O–H groups in total. The van der Waals surface area contributed by atoms with Crippen LogP contribution in [0.15, 0.2) is 41.3 Å². The molecule has 6 nitrogen and oxygen atoms in total. The van der Waals surface area contributed by atoms with Crippen molar-refractivity contribution in [1.29, 1.82) is 0 Å². The number of nitrogens with one attached hydrogen (secondary N) is 1. The number of aromatic nitrogens is 2. The van der Waals surface area contributed by atoms with Crippen LogP contribution in [0.3, 0.4) is 0 Å². The second-order valence-corrected chi connectivity index (χ2v) is 7.35. The largest absolute Gasteiger partial charge is 0.320 e. The van der Waals surface area contributed by atoms with E-state index in [1.165, 1.54) is 6.07 Å². The summed E-state index contributed by atoms with van der Waals surface area (Å²) in [5.74, 6) is -2.99. The van der Waals surface area contributed by atoms with Crippen molar-refractivity contribution in [2.75, 3.05) is 5.32 Å². The van der Waals surface area contributed by atoms with E-state index in [0.717, 1.165) is 11.3 Å². The molecule has 9 heteroatoms.